The lowest BCUT2D eigenvalue weighted by Gasteiger charge is -2.25. The van der Waals surface area contributed by atoms with E-state index in [0.717, 1.165) is 0 Å². The Bertz CT molecular complexity index is 308. The number of carbonyl (C=O) groups excluding carboxylic acids is 1. The van der Waals surface area contributed by atoms with Crippen molar-refractivity contribution in [1.29, 1.82) is 0 Å². The Morgan fingerprint density at radius 2 is 1.89 bits per heavy atom. The van der Waals surface area contributed by atoms with Crippen molar-refractivity contribution < 1.29 is 27.9 Å². The lowest BCUT2D eigenvalue weighted by Crippen LogP contribution is -2.48. The van der Waals surface area contributed by atoms with Gasteiger partial charge in [0.25, 0.3) is 0 Å². The van der Waals surface area contributed by atoms with Crippen LogP contribution < -0.4 is 5.32 Å². The topological polar surface area (TPSA) is 69.6 Å². The first kappa shape index (κ1) is 17.5. The number of carbonyl (C=O) groups is 2. The number of rotatable bonds is 7. The Morgan fingerprint density at radius 3 is 2.26 bits per heavy atom. The van der Waals surface area contributed by atoms with E-state index in [1.165, 1.54) is 6.92 Å². The number of carboxylic acids is 1. The molecule has 0 bridgehead atoms. The molecule has 5 nitrogen and oxygen atoms in total. The van der Waals surface area contributed by atoms with Gasteiger partial charge < -0.3 is 15.3 Å². The van der Waals surface area contributed by atoms with Crippen molar-refractivity contribution in [2.75, 3.05) is 13.1 Å². The molecule has 0 spiro atoms. The van der Waals surface area contributed by atoms with E-state index in [4.69, 9.17) is 5.11 Å². The van der Waals surface area contributed by atoms with Crippen molar-refractivity contribution in [3.05, 3.63) is 0 Å². The molecule has 0 aromatic rings. The largest absolute Gasteiger partial charge is 0.481 e. The first-order valence-corrected chi connectivity index (χ1v) is 6.03. The minimum atomic E-state index is -4.47. The molecule has 1 atom stereocenters. The van der Waals surface area contributed by atoms with Crippen LogP contribution in [-0.4, -0.2) is 47.3 Å². The molecule has 2 amide bonds. The van der Waals surface area contributed by atoms with Crippen molar-refractivity contribution in [1.82, 2.24) is 10.2 Å². The molecule has 0 aliphatic carbocycles. The van der Waals surface area contributed by atoms with Crippen LogP contribution in [0.4, 0.5) is 18.0 Å². The van der Waals surface area contributed by atoms with Gasteiger partial charge >= 0.3 is 18.2 Å². The average Bonchev–Trinajstić information content (AvgIpc) is 2.23. The highest BCUT2D eigenvalue weighted by molar-refractivity contribution is 5.76. The highest BCUT2D eigenvalue weighted by Crippen LogP contribution is 2.16. The van der Waals surface area contributed by atoms with Crippen LogP contribution >= 0.6 is 0 Å². The monoisotopic (exact) mass is 284 g/mol. The standard InChI is InChI=1S/C11H19F3N2O3/c1-3-5-8(6-9(17)18)15-10(19)16(4-2)7-11(12,13)14/h8H,3-7H2,1-2H3,(H,15,19)(H,17,18). The van der Waals surface area contributed by atoms with E-state index in [2.05, 4.69) is 5.32 Å². The molecule has 0 aliphatic rings. The SMILES string of the molecule is CCCC(CC(=O)O)NC(=O)N(CC)CC(F)(F)F. The normalized spacial score (nSPS) is 12.9. The second kappa shape index (κ2) is 7.85. The van der Waals surface area contributed by atoms with E-state index in [1.54, 1.807) is 6.92 Å². The summed E-state index contributed by atoms with van der Waals surface area (Å²) in [6.45, 7) is 1.78. The van der Waals surface area contributed by atoms with Gasteiger partial charge in [0.1, 0.15) is 6.54 Å². The fourth-order valence-electron chi connectivity index (χ4n) is 1.59. The van der Waals surface area contributed by atoms with Gasteiger partial charge in [0.15, 0.2) is 0 Å². The molecule has 19 heavy (non-hydrogen) atoms. The number of nitrogens with one attached hydrogen (secondary N) is 1. The molecular formula is C11H19F3N2O3. The predicted octanol–water partition coefficient (Wildman–Crippen LogP) is 2.22. The van der Waals surface area contributed by atoms with Crippen molar-refractivity contribution >= 4 is 12.0 Å². The zero-order valence-electron chi connectivity index (χ0n) is 11.0. The maximum Gasteiger partial charge on any atom is 0.406 e. The summed E-state index contributed by atoms with van der Waals surface area (Å²) in [4.78, 5) is 22.8. The number of nitrogens with zero attached hydrogens (tertiary/aromatic N) is 1. The summed E-state index contributed by atoms with van der Waals surface area (Å²) in [6, 6.07) is -1.54. The minimum Gasteiger partial charge on any atom is -0.481 e. The summed E-state index contributed by atoms with van der Waals surface area (Å²) in [5.41, 5.74) is 0. The number of carboxylic acid groups (broad SMARTS) is 1. The summed E-state index contributed by atoms with van der Waals surface area (Å²) >= 11 is 0. The molecule has 0 heterocycles. The molecule has 0 saturated heterocycles. The van der Waals surface area contributed by atoms with Crippen LogP contribution in [0.15, 0.2) is 0 Å². The number of urea groups is 1. The van der Waals surface area contributed by atoms with E-state index in [1.807, 2.05) is 0 Å². The fourth-order valence-corrected chi connectivity index (χ4v) is 1.59. The maximum atomic E-state index is 12.2. The van der Waals surface area contributed by atoms with Crippen LogP contribution in [0.1, 0.15) is 33.1 Å². The molecule has 0 radical (unpaired) electrons. The van der Waals surface area contributed by atoms with Gasteiger partial charge in [-0.3, -0.25) is 4.79 Å². The highest BCUT2D eigenvalue weighted by Gasteiger charge is 2.32. The molecule has 0 rings (SSSR count). The van der Waals surface area contributed by atoms with Gasteiger partial charge in [-0.15, -0.1) is 0 Å². The van der Waals surface area contributed by atoms with Crippen LogP contribution in [0.2, 0.25) is 0 Å². The van der Waals surface area contributed by atoms with Gasteiger partial charge in [-0.25, -0.2) is 4.79 Å². The molecule has 0 fully saturated rings. The fraction of sp³-hybridized carbons (Fsp3) is 0.818. The van der Waals surface area contributed by atoms with Crippen LogP contribution in [0, 0.1) is 0 Å². The van der Waals surface area contributed by atoms with Gasteiger partial charge in [0.05, 0.1) is 6.42 Å². The van der Waals surface area contributed by atoms with Gasteiger partial charge in [-0.2, -0.15) is 13.2 Å². The van der Waals surface area contributed by atoms with E-state index in [-0.39, 0.29) is 13.0 Å². The van der Waals surface area contributed by atoms with Gasteiger partial charge in [0, 0.05) is 12.6 Å². The third-order valence-corrected chi connectivity index (χ3v) is 2.42. The first-order valence-electron chi connectivity index (χ1n) is 6.03. The summed E-state index contributed by atoms with van der Waals surface area (Å²) in [5.74, 6) is -1.10. The average molecular weight is 284 g/mol. The Kier molecular flexibility index (Phi) is 7.25. The summed E-state index contributed by atoms with van der Waals surface area (Å²) < 4.78 is 36.7. The molecule has 2 N–H and O–H groups in total. The molecule has 0 aromatic carbocycles. The number of halogens is 3. The Balaban J connectivity index is 4.54. The highest BCUT2D eigenvalue weighted by atomic mass is 19.4. The summed E-state index contributed by atoms with van der Waals surface area (Å²) in [6.07, 6.45) is -3.74. The van der Waals surface area contributed by atoms with Crippen LogP contribution in [-0.2, 0) is 4.79 Å². The first-order chi connectivity index (χ1) is 8.69. The maximum absolute atomic E-state index is 12.2. The Morgan fingerprint density at radius 1 is 1.32 bits per heavy atom. The summed E-state index contributed by atoms with van der Waals surface area (Å²) in [7, 11) is 0. The van der Waals surface area contributed by atoms with Crippen molar-refractivity contribution in [2.24, 2.45) is 0 Å². The molecular weight excluding hydrogens is 265 g/mol. The quantitative estimate of drug-likeness (QED) is 0.753. The molecule has 1 unspecified atom stereocenters. The zero-order chi connectivity index (χ0) is 15.1. The van der Waals surface area contributed by atoms with E-state index in [9.17, 15) is 22.8 Å². The second-order valence-electron chi connectivity index (χ2n) is 4.16. The summed E-state index contributed by atoms with van der Waals surface area (Å²) in [5, 5.41) is 11.0. The Labute approximate surface area is 109 Å². The molecule has 8 heteroatoms. The zero-order valence-corrected chi connectivity index (χ0v) is 11.0. The predicted molar refractivity (Wildman–Crippen MR) is 62.8 cm³/mol. The number of hydrogen-bond donors (Lipinski definition) is 2. The second-order valence-corrected chi connectivity index (χ2v) is 4.16. The van der Waals surface area contributed by atoms with Crippen LogP contribution in [0.3, 0.4) is 0 Å². The van der Waals surface area contributed by atoms with Crippen molar-refractivity contribution in [3.63, 3.8) is 0 Å². The number of aliphatic carboxylic acids is 1. The van der Waals surface area contributed by atoms with E-state index in [0.29, 0.717) is 17.7 Å². The van der Waals surface area contributed by atoms with E-state index < -0.39 is 30.8 Å². The minimum absolute atomic E-state index is 0.0999. The Hall–Kier alpha value is -1.47. The van der Waals surface area contributed by atoms with E-state index >= 15 is 0 Å². The number of hydrogen-bond acceptors (Lipinski definition) is 2. The molecule has 112 valence electrons. The van der Waals surface area contributed by atoms with Crippen molar-refractivity contribution in [3.8, 4) is 0 Å². The number of amides is 2. The van der Waals surface area contributed by atoms with Crippen molar-refractivity contribution in [2.45, 2.75) is 45.3 Å². The molecule has 0 aromatic heterocycles. The lowest BCUT2D eigenvalue weighted by molar-refractivity contribution is -0.140. The van der Waals surface area contributed by atoms with Gasteiger partial charge in [0.2, 0.25) is 0 Å². The van der Waals surface area contributed by atoms with Gasteiger partial charge in [-0.1, -0.05) is 13.3 Å². The third kappa shape index (κ3) is 8.28. The number of alkyl halides is 3. The smallest absolute Gasteiger partial charge is 0.406 e. The van der Waals surface area contributed by atoms with Crippen LogP contribution in [0.5, 0.6) is 0 Å². The lowest BCUT2D eigenvalue weighted by atomic mass is 10.1. The van der Waals surface area contributed by atoms with Crippen LogP contribution in [0.25, 0.3) is 0 Å². The third-order valence-electron chi connectivity index (χ3n) is 2.42. The molecule has 0 aliphatic heterocycles. The van der Waals surface area contributed by atoms with Gasteiger partial charge in [-0.05, 0) is 13.3 Å². The molecule has 0 saturated carbocycles.